The highest BCUT2D eigenvalue weighted by molar-refractivity contribution is 6.38. The molecule has 0 amide bonds. The first kappa shape index (κ1) is 10.8. The molecule has 2 rings (SSSR count). The van der Waals surface area contributed by atoms with E-state index in [0.29, 0.717) is 16.8 Å². The summed E-state index contributed by atoms with van der Waals surface area (Å²) in [5.41, 5.74) is 1.38. The van der Waals surface area contributed by atoms with Gasteiger partial charge >= 0.3 is 5.97 Å². The lowest BCUT2D eigenvalue weighted by Crippen LogP contribution is -2.06. The summed E-state index contributed by atoms with van der Waals surface area (Å²) in [4.78, 5) is 15.8. The van der Waals surface area contributed by atoms with Crippen LogP contribution in [0.5, 0.6) is 0 Å². The summed E-state index contributed by atoms with van der Waals surface area (Å²) in [5.74, 6) is -0.777. The fourth-order valence-corrected chi connectivity index (χ4v) is 1.47. The third kappa shape index (κ3) is 2.12. The van der Waals surface area contributed by atoms with Crippen LogP contribution >= 0.6 is 11.6 Å². The zero-order valence-corrected chi connectivity index (χ0v) is 8.87. The fraction of sp³-hybridized carbons (Fsp3) is 0.0909. The second-order valence-electron chi connectivity index (χ2n) is 3.16. The number of halogens is 2. The molecule has 1 aliphatic heterocycles. The molecule has 0 fully saturated rings. The molecule has 0 saturated heterocycles. The summed E-state index contributed by atoms with van der Waals surface area (Å²) < 4.78 is 12.7. The SMILES string of the molecule is O=C1ON=C(CCl)/C1=C/c1ccc(F)cc1. The van der Waals surface area contributed by atoms with E-state index in [0.717, 1.165) is 0 Å². The monoisotopic (exact) mass is 239 g/mol. The number of hydrogen-bond donors (Lipinski definition) is 0. The molecule has 0 spiro atoms. The summed E-state index contributed by atoms with van der Waals surface area (Å²) in [7, 11) is 0. The van der Waals surface area contributed by atoms with Crippen molar-refractivity contribution in [1.29, 1.82) is 0 Å². The van der Waals surface area contributed by atoms with Crippen LogP contribution in [0.4, 0.5) is 4.39 Å². The van der Waals surface area contributed by atoms with Gasteiger partial charge in [0.15, 0.2) is 0 Å². The standard InChI is InChI=1S/C11H7ClFNO2/c12-6-10-9(11(15)16-14-10)5-7-1-3-8(13)4-2-7/h1-5H,6H2/b9-5-. The van der Waals surface area contributed by atoms with Crippen molar-refractivity contribution in [3.8, 4) is 0 Å². The third-order valence-corrected chi connectivity index (χ3v) is 2.33. The first-order valence-electron chi connectivity index (χ1n) is 4.52. The van der Waals surface area contributed by atoms with Crippen molar-refractivity contribution in [2.45, 2.75) is 0 Å². The number of carbonyl (C=O) groups is 1. The number of rotatable bonds is 2. The summed E-state index contributed by atoms with van der Waals surface area (Å²) in [6.45, 7) is 0. The predicted molar refractivity (Wildman–Crippen MR) is 58.6 cm³/mol. The van der Waals surface area contributed by atoms with E-state index in [4.69, 9.17) is 11.6 Å². The van der Waals surface area contributed by atoms with Crippen LogP contribution in [-0.2, 0) is 9.63 Å². The van der Waals surface area contributed by atoms with Crippen LogP contribution in [0.25, 0.3) is 6.08 Å². The molecular weight excluding hydrogens is 233 g/mol. The van der Waals surface area contributed by atoms with Crippen molar-refractivity contribution in [1.82, 2.24) is 0 Å². The average Bonchev–Trinajstić information content (AvgIpc) is 2.63. The molecule has 1 aromatic carbocycles. The highest BCUT2D eigenvalue weighted by Gasteiger charge is 2.24. The lowest BCUT2D eigenvalue weighted by molar-refractivity contribution is -0.136. The van der Waals surface area contributed by atoms with Gasteiger partial charge in [0.1, 0.15) is 11.5 Å². The molecule has 0 aliphatic carbocycles. The molecule has 0 bridgehead atoms. The lowest BCUT2D eigenvalue weighted by Gasteiger charge is -1.96. The first-order chi connectivity index (χ1) is 7.70. The maximum Gasteiger partial charge on any atom is 0.367 e. The zero-order valence-electron chi connectivity index (χ0n) is 8.11. The Bertz CT molecular complexity index is 479. The summed E-state index contributed by atoms with van der Waals surface area (Å²) >= 11 is 5.60. The van der Waals surface area contributed by atoms with Crippen molar-refractivity contribution < 1.29 is 14.0 Å². The Labute approximate surface area is 96.2 Å². The second kappa shape index (κ2) is 4.45. The molecular formula is C11H7ClFNO2. The van der Waals surface area contributed by atoms with Crippen LogP contribution in [0.2, 0.25) is 0 Å². The Morgan fingerprint density at radius 1 is 1.38 bits per heavy atom. The first-order valence-corrected chi connectivity index (χ1v) is 5.06. The Hall–Kier alpha value is -1.68. The van der Waals surface area contributed by atoms with E-state index in [-0.39, 0.29) is 11.7 Å². The van der Waals surface area contributed by atoms with Crippen LogP contribution in [0.1, 0.15) is 5.56 Å². The minimum Gasteiger partial charge on any atom is -0.312 e. The molecule has 0 atom stereocenters. The van der Waals surface area contributed by atoms with Crippen molar-refractivity contribution in [2.24, 2.45) is 5.16 Å². The summed E-state index contributed by atoms with van der Waals surface area (Å²) in [6.07, 6.45) is 1.57. The summed E-state index contributed by atoms with van der Waals surface area (Å²) in [6, 6.07) is 5.73. The quantitative estimate of drug-likeness (QED) is 0.451. The van der Waals surface area contributed by atoms with E-state index in [1.54, 1.807) is 18.2 Å². The molecule has 82 valence electrons. The van der Waals surface area contributed by atoms with Crippen molar-refractivity contribution in [2.75, 3.05) is 5.88 Å². The van der Waals surface area contributed by atoms with Gasteiger partial charge in [0.2, 0.25) is 0 Å². The Kier molecular flexibility index (Phi) is 3.01. The number of nitrogens with zero attached hydrogens (tertiary/aromatic N) is 1. The van der Waals surface area contributed by atoms with Gasteiger partial charge in [-0.1, -0.05) is 17.3 Å². The van der Waals surface area contributed by atoms with E-state index in [2.05, 4.69) is 9.99 Å². The third-order valence-electron chi connectivity index (χ3n) is 2.08. The van der Waals surface area contributed by atoms with Crippen LogP contribution in [0.15, 0.2) is 35.0 Å². The summed E-state index contributed by atoms with van der Waals surface area (Å²) in [5, 5.41) is 3.52. The molecule has 0 radical (unpaired) electrons. The van der Waals surface area contributed by atoms with Crippen LogP contribution in [0, 0.1) is 5.82 Å². The topological polar surface area (TPSA) is 38.7 Å². The fourth-order valence-electron chi connectivity index (χ4n) is 1.28. The number of carbonyl (C=O) groups excluding carboxylic acids is 1. The molecule has 1 heterocycles. The van der Waals surface area contributed by atoms with Gasteiger partial charge in [0, 0.05) is 0 Å². The smallest absolute Gasteiger partial charge is 0.312 e. The van der Waals surface area contributed by atoms with Crippen LogP contribution in [0.3, 0.4) is 0 Å². The number of hydrogen-bond acceptors (Lipinski definition) is 3. The number of benzene rings is 1. The van der Waals surface area contributed by atoms with Crippen molar-refractivity contribution in [3.63, 3.8) is 0 Å². The van der Waals surface area contributed by atoms with Gasteiger partial charge in [-0.05, 0) is 23.8 Å². The minimum atomic E-state index is -0.542. The van der Waals surface area contributed by atoms with Gasteiger partial charge in [0.05, 0.1) is 11.5 Å². The van der Waals surface area contributed by atoms with Gasteiger partial charge in [0.25, 0.3) is 0 Å². The van der Waals surface area contributed by atoms with Gasteiger partial charge in [-0.15, -0.1) is 11.6 Å². The number of alkyl halides is 1. The molecule has 1 aromatic rings. The van der Waals surface area contributed by atoms with E-state index in [1.165, 1.54) is 12.1 Å². The van der Waals surface area contributed by atoms with E-state index in [1.807, 2.05) is 0 Å². The average molecular weight is 240 g/mol. The lowest BCUT2D eigenvalue weighted by atomic mass is 10.1. The van der Waals surface area contributed by atoms with Crippen LogP contribution < -0.4 is 0 Å². The Morgan fingerprint density at radius 3 is 2.69 bits per heavy atom. The van der Waals surface area contributed by atoms with Gasteiger partial charge in [-0.2, -0.15) is 0 Å². The van der Waals surface area contributed by atoms with Gasteiger partial charge in [-0.25, -0.2) is 9.18 Å². The molecule has 0 saturated carbocycles. The van der Waals surface area contributed by atoms with E-state index in [9.17, 15) is 9.18 Å². The van der Waals surface area contributed by atoms with Crippen molar-refractivity contribution in [3.05, 3.63) is 41.2 Å². The molecule has 0 unspecified atom stereocenters. The molecule has 0 aromatic heterocycles. The molecule has 1 aliphatic rings. The van der Waals surface area contributed by atoms with Crippen molar-refractivity contribution >= 4 is 29.4 Å². The van der Waals surface area contributed by atoms with Crippen LogP contribution in [-0.4, -0.2) is 17.6 Å². The predicted octanol–water partition coefficient (Wildman–Crippen LogP) is 2.36. The highest BCUT2D eigenvalue weighted by atomic mass is 35.5. The maximum atomic E-state index is 12.7. The zero-order chi connectivity index (χ0) is 11.5. The van der Waals surface area contributed by atoms with E-state index >= 15 is 0 Å². The molecule has 16 heavy (non-hydrogen) atoms. The molecule has 3 nitrogen and oxygen atoms in total. The largest absolute Gasteiger partial charge is 0.367 e. The normalized spacial score (nSPS) is 17.5. The Morgan fingerprint density at radius 2 is 2.06 bits per heavy atom. The van der Waals surface area contributed by atoms with Gasteiger partial charge in [-0.3, -0.25) is 0 Å². The molecule has 5 heteroatoms. The molecule has 0 N–H and O–H groups in total. The van der Waals surface area contributed by atoms with E-state index < -0.39 is 5.97 Å². The highest BCUT2D eigenvalue weighted by Crippen LogP contribution is 2.16. The van der Waals surface area contributed by atoms with Gasteiger partial charge < -0.3 is 4.84 Å². The Balaban J connectivity index is 2.33. The maximum absolute atomic E-state index is 12.7. The second-order valence-corrected chi connectivity index (χ2v) is 3.43. The number of oxime groups is 1. The minimum absolute atomic E-state index is 0.0960.